The normalized spacial score (nSPS) is 10.1. The number of nitriles is 1. The van der Waals surface area contributed by atoms with Gasteiger partial charge in [0.1, 0.15) is 17.1 Å². The van der Waals surface area contributed by atoms with Crippen LogP contribution in [0.25, 0.3) is 11.0 Å². The lowest BCUT2D eigenvalue weighted by molar-refractivity contribution is -0.129. The number of hydrogen-bond donors (Lipinski definition) is 2. The predicted octanol–water partition coefficient (Wildman–Crippen LogP) is 2.08. The van der Waals surface area contributed by atoms with Crippen molar-refractivity contribution in [2.75, 3.05) is 13.7 Å². The van der Waals surface area contributed by atoms with Crippen molar-refractivity contribution in [2.45, 2.75) is 6.42 Å². The second-order valence-corrected chi connectivity index (χ2v) is 5.82. The van der Waals surface area contributed by atoms with Crippen LogP contribution >= 0.6 is 0 Å². The third kappa shape index (κ3) is 4.59. The first-order chi connectivity index (χ1) is 13.6. The number of furan rings is 1. The maximum absolute atomic E-state index is 12.1. The summed E-state index contributed by atoms with van der Waals surface area (Å²) in [6.07, 6.45) is 1.54. The molecule has 2 amide bonds. The van der Waals surface area contributed by atoms with Crippen molar-refractivity contribution in [3.05, 3.63) is 59.9 Å². The number of carbonyl (C=O) groups is 2. The molecule has 0 radical (unpaired) electrons. The molecule has 142 valence electrons. The predicted molar refractivity (Wildman–Crippen MR) is 99.4 cm³/mol. The van der Waals surface area contributed by atoms with Gasteiger partial charge < -0.3 is 13.9 Å². The lowest BCUT2D eigenvalue weighted by Gasteiger charge is -2.08. The van der Waals surface area contributed by atoms with Crippen LogP contribution in [0.2, 0.25) is 0 Å². The van der Waals surface area contributed by atoms with E-state index in [1.54, 1.807) is 43.5 Å². The molecule has 0 saturated heterocycles. The highest BCUT2D eigenvalue weighted by Crippen LogP contribution is 2.25. The van der Waals surface area contributed by atoms with Crippen molar-refractivity contribution in [2.24, 2.45) is 0 Å². The van der Waals surface area contributed by atoms with Crippen molar-refractivity contribution in [3.63, 3.8) is 0 Å². The van der Waals surface area contributed by atoms with E-state index in [-0.39, 0.29) is 13.0 Å². The molecule has 0 atom stereocenters. The summed E-state index contributed by atoms with van der Waals surface area (Å²) < 4.78 is 15.9. The van der Waals surface area contributed by atoms with E-state index in [0.717, 1.165) is 5.39 Å². The molecule has 2 N–H and O–H groups in total. The Morgan fingerprint density at radius 1 is 1.07 bits per heavy atom. The van der Waals surface area contributed by atoms with Crippen LogP contribution in [0.15, 0.2) is 53.1 Å². The molecule has 0 aliphatic heterocycles. The molecule has 0 saturated carbocycles. The standard InChI is InChI=1S/C20H17N3O5/c1-26-16-6-7-17-14(11-28-18(17)9-16)8-19(24)22-23-20(25)12-27-15-4-2-13(10-21)3-5-15/h2-7,9,11H,8,12H2,1H3,(H,22,24)(H,23,25). The summed E-state index contributed by atoms with van der Waals surface area (Å²) in [4.78, 5) is 23.9. The van der Waals surface area contributed by atoms with Crippen LogP contribution < -0.4 is 20.3 Å². The summed E-state index contributed by atoms with van der Waals surface area (Å²) >= 11 is 0. The topological polar surface area (TPSA) is 114 Å². The molecule has 0 unspecified atom stereocenters. The number of hydrogen-bond acceptors (Lipinski definition) is 6. The van der Waals surface area contributed by atoms with E-state index in [1.807, 2.05) is 12.1 Å². The number of methoxy groups -OCH3 is 1. The van der Waals surface area contributed by atoms with Crippen LogP contribution in [0.4, 0.5) is 0 Å². The molecule has 0 fully saturated rings. The van der Waals surface area contributed by atoms with Gasteiger partial charge in [0.05, 0.1) is 31.4 Å². The summed E-state index contributed by atoms with van der Waals surface area (Å²) in [7, 11) is 1.56. The molecule has 1 aromatic heterocycles. The van der Waals surface area contributed by atoms with E-state index in [0.29, 0.717) is 28.2 Å². The molecule has 1 heterocycles. The highest BCUT2D eigenvalue weighted by atomic mass is 16.5. The fraction of sp³-hybridized carbons (Fsp3) is 0.150. The van der Waals surface area contributed by atoms with E-state index in [1.165, 1.54) is 6.26 Å². The van der Waals surface area contributed by atoms with Crippen LogP contribution in [0.1, 0.15) is 11.1 Å². The zero-order valence-corrected chi connectivity index (χ0v) is 15.0. The molecule has 8 nitrogen and oxygen atoms in total. The molecule has 28 heavy (non-hydrogen) atoms. The fourth-order valence-corrected chi connectivity index (χ4v) is 2.49. The lowest BCUT2D eigenvalue weighted by atomic mass is 10.1. The van der Waals surface area contributed by atoms with Gasteiger partial charge in [-0.15, -0.1) is 0 Å². The van der Waals surface area contributed by atoms with Gasteiger partial charge in [0.15, 0.2) is 6.61 Å². The zero-order valence-electron chi connectivity index (χ0n) is 15.0. The second-order valence-electron chi connectivity index (χ2n) is 5.82. The van der Waals surface area contributed by atoms with E-state index in [2.05, 4.69) is 10.9 Å². The smallest absolute Gasteiger partial charge is 0.276 e. The number of fused-ring (bicyclic) bond motifs is 1. The first-order valence-electron chi connectivity index (χ1n) is 8.34. The van der Waals surface area contributed by atoms with Crippen molar-refractivity contribution in [3.8, 4) is 17.6 Å². The van der Waals surface area contributed by atoms with Gasteiger partial charge in [-0.1, -0.05) is 0 Å². The summed E-state index contributed by atoms with van der Waals surface area (Å²) in [6.45, 7) is -0.277. The van der Waals surface area contributed by atoms with Crippen molar-refractivity contribution < 1.29 is 23.5 Å². The lowest BCUT2D eigenvalue weighted by Crippen LogP contribution is -2.44. The second kappa shape index (κ2) is 8.60. The first-order valence-corrected chi connectivity index (χ1v) is 8.34. The average molecular weight is 379 g/mol. The first kappa shape index (κ1) is 18.8. The number of hydrazine groups is 1. The number of nitrogens with zero attached hydrogens (tertiary/aromatic N) is 1. The minimum Gasteiger partial charge on any atom is -0.497 e. The van der Waals surface area contributed by atoms with Gasteiger partial charge in [-0.05, 0) is 36.4 Å². The molecule has 2 aromatic carbocycles. The van der Waals surface area contributed by atoms with Gasteiger partial charge >= 0.3 is 0 Å². The Bertz CT molecular complexity index is 1030. The molecule has 0 spiro atoms. The SMILES string of the molecule is COc1ccc2c(CC(=O)NNC(=O)COc3ccc(C#N)cc3)coc2c1. The van der Waals surface area contributed by atoms with Crippen LogP contribution in [0.5, 0.6) is 11.5 Å². The van der Waals surface area contributed by atoms with Crippen LogP contribution in [-0.2, 0) is 16.0 Å². The highest BCUT2D eigenvalue weighted by molar-refractivity contribution is 5.89. The maximum atomic E-state index is 12.1. The van der Waals surface area contributed by atoms with Crippen molar-refractivity contribution in [1.82, 2.24) is 10.9 Å². The summed E-state index contributed by atoms with van der Waals surface area (Å²) in [5, 5.41) is 9.53. The molecular weight excluding hydrogens is 362 g/mol. The molecule has 0 aliphatic rings. The van der Waals surface area contributed by atoms with Crippen LogP contribution in [0, 0.1) is 11.3 Å². The summed E-state index contributed by atoms with van der Waals surface area (Å²) in [5.74, 6) is 0.192. The minimum atomic E-state index is -0.514. The number of carbonyl (C=O) groups excluding carboxylic acids is 2. The van der Waals surface area contributed by atoms with Gasteiger partial charge in [-0.2, -0.15) is 5.26 Å². The monoisotopic (exact) mass is 379 g/mol. The number of rotatable bonds is 6. The Balaban J connectivity index is 1.47. The third-order valence-electron chi connectivity index (χ3n) is 3.91. The Kier molecular flexibility index (Phi) is 5.77. The quantitative estimate of drug-likeness (QED) is 0.634. The molecule has 3 rings (SSSR count). The van der Waals surface area contributed by atoms with Gasteiger partial charge in [-0.3, -0.25) is 20.4 Å². The average Bonchev–Trinajstić information content (AvgIpc) is 3.12. The van der Waals surface area contributed by atoms with E-state index in [9.17, 15) is 9.59 Å². The zero-order chi connectivity index (χ0) is 19.9. The van der Waals surface area contributed by atoms with Crippen molar-refractivity contribution >= 4 is 22.8 Å². The Morgan fingerprint density at radius 2 is 1.79 bits per heavy atom. The number of nitrogens with one attached hydrogen (secondary N) is 2. The molecule has 3 aromatic rings. The number of amides is 2. The van der Waals surface area contributed by atoms with Gasteiger partial charge in [-0.25, -0.2) is 0 Å². The summed E-state index contributed by atoms with van der Waals surface area (Å²) in [6, 6.07) is 13.7. The fourth-order valence-electron chi connectivity index (χ4n) is 2.49. The van der Waals surface area contributed by atoms with Gasteiger partial charge in [0.2, 0.25) is 5.91 Å². The Morgan fingerprint density at radius 3 is 2.50 bits per heavy atom. The molecule has 8 heteroatoms. The highest BCUT2D eigenvalue weighted by Gasteiger charge is 2.12. The van der Waals surface area contributed by atoms with E-state index in [4.69, 9.17) is 19.2 Å². The summed E-state index contributed by atoms with van der Waals surface area (Å²) in [5.41, 5.74) is 6.42. The van der Waals surface area contributed by atoms with E-state index >= 15 is 0 Å². The molecule has 0 aliphatic carbocycles. The Hall–Kier alpha value is -3.99. The largest absolute Gasteiger partial charge is 0.497 e. The van der Waals surface area contributed by atoms with E-state index < -0.39 is 11.8 Å². The van der Waals surface area contributed by atoms with Crippen molar-refractivity contribution in [1.29, 1.82) is 5.26 Å². The van der Waals surface area contributed by atoms with Gasteiger partial charge in [0.25, 0.3) is 5.91 Å². The third-order valence-corrected chi connectivity index (χ3v) is 3.91. The molecule has 0 bridgehead atoms. The van der Waals surface area contributed by atoms with Crippen LogP contribution in [-0.4, -0.2) is 25.5 Å². The number of ether oxygens (including phenoxy) is 2. The van der Waals surface area contributed by atoms with Gasteiger partial charge in [0, 0.05) is 17.0 Å². The van der Waals surface area contributed by atoms with Crippen LogP contribution in [0.3, 0.4) is 0 Å². The molecular formula is C20H17N3O5. The maximum Gasteiger partial charge on any atom is 0.276 e. The minimum absolute atomic E-state index is 0.0378. The number of benzene rings is 2. The Labute approximate surface area is 160 Å².